The van der Waals surface area contributed by atoms with E-state index < -0.39 is 7.26 Å². The molecule has 0 spiro atoms. The van der Waals surface area contributed by atoms with E-state index >= 15 is 0 Å². The minimum Gasteiger partial charge on any atom is -0.247 e. The van der Waals surface area contributed by atoms with E-state index in [9.17, 15) is 4.79 Å². The lowest BCUT2D eigenvalue weighted by Crippen LogP contribution is -2.03. The van der Waals surface area contributed by atoms with Gasteiger partial charge in [0.1, 0.15) is 0 Å². The third-order valence-corrected chi connectivity index (χ3v) is 3.11. The summed E-state index contributed by atoms with van der Waals surface area (Å²) >= 11 is 0. The first-order valence-corrected chi connectivity index (χ1v) is 7.06. The molecule has 0 unspecified atom stereocenters. The molecule has 0 N–H and O–H groups in total. The summed E-state index contributed by atoms with van der Waals surface area (Å²) in [5.74, 6) is 0. The highest BCUT2D eigenvalue weighted by molar-refractivity contribution is 7.89. The van der Waals surface area contributed by atoms with Gasteiger partial charge in [-0.1, -0.05) is 18.2 Å². The molecule has 1 nitrogen and oxygen atoms in total. The topological polar surface area (TPSA) is 17.1 Å². The van der Waals surface area contributed by atoms with E-state index in [2.05, 4.69) is 0 Å². The average Bonchev–Trinajstić information content (AvgIpc) is 2.03. The van der Waals surface area contributed by atoms with Crippen molar-refractivity contribution in [3.05, 3.63) is 35.9 Å². The molecule has 1 aromatic rings. The van der Waals surface area contributed by atoms with Crippen LogP contribution in [-0.4, -0.2) is 25.5 Å². The number of rotatable bonds is 2. The molecule has 64 valence electrons. The smallest absolute Gasteiger partial charge is 0.247 e. The second-order valence-electron chi connectivity index (χ2n) is 3.68. The molecule has 0 aromatic heterocycles. The molecular weight excluding hydrogens is 167 g/mol. The Hall–Kier alpha value is -0.680. The van der Waals surface area contributed by atoms with Gasteiger partial charge in [0.05, 0.1) is 32.8 Å². The number of carbonyl (C=O) groups excluding carboxylic acids is 1. The van der Waals surface area contributed by atoms with E-state index in [1.165, 1.54) is 0 Å². The van der Waals surface area contributed by atoms with Gasteiger partial charge >= 0.3 is 0 Å². The van der Waals surface area contributed by atoms with E-state index in [0.29, 0.717) is 5.52 Å². The minimum absolute atomic E-state index is 0.308. The van der Waals surface area contributed by atoms with Crippen molar-refractivity contribution in [2.45, 2.75) is 0 Å². The van der Waals surface area contributed by atoms with Crippen molar-refractivity contribution in [3.8, 4) is 0 Å². The Morgan fingerprint density at radius 3 is 2.00 bits per heavy atom. The molecule has 0 radical (unpaired) electrons. The Balaban J connectivity index is 2.94. The van der Waals surface area contributed by atoms with Crippen molar-refractivity contribution in [3.63, 3.8) is 0 Å². The van der Waals surface area contributed by atoms with E-state index in [0.717, 1.165) is 5.56 Å². The molecule has 1 aromatic carbocycles. The zero-order valence-electron chi connectivity index (χ0n) is 7.74. The van der Waals surface area contributed by atoms with Crippen molar-refractivity contribution < 1.29 is 4.79 Å². The van der Waals surface area contributed by atoms with Gasteiger partial charge in [-0.25, -0.2) is 4.79 Å². The molecule has 0 saturated heterocycles. The first kappa shape index (κ1) is 9.41. The van der Waals surface area contributed by atoms with Gasteiger partial charge < -0.3 is 0 Å². The summed E-state index contributed by atoms with van der Waals surface area (Å²) in [6.07, 6.45) is 0. The minimum atomic E-state index is -1.37. The van der Waals surface area contributed by atoms with Gasteiger partial charge in [-0.2, -0.15) is 0 Å². The maximum atomic E-state index is 11.7. The zero-order chi connectivity index (χ0) is 9.19. The van der Waals surface area contributed by atoms with Crippen LogP contribution < -0.4 is 0 Å². The Morgan fingerprint density at radius 2 is 1.58 bits per heavy atom. The number of benzene rings is 1. The fourth-order valence-corrected chi connectivity index (χ4v) is 1.89. The quantitative estimate of drug-likeness (QED) is 0.641. The van der Waals surface area contributed by atoms with E-state index in [1.807, 2.05) is 50.3 Å². The van der Waals surface area contributed by atoms with Crippen LogP contribution in [0.3, 0.4) is 0 Å². The van der Waals surface area contributed by atoms with Gasteiger partial charge in [0.2, 0.25) is 0 Å². The molecule has 1 rings (SSSR count). The van der Waals surface area contributed by atoms with Crippen LogP contribution in [0.1, 0.15) is 10.4 Å². The molecule has 0 saturated carbocycles. The van der Waals surface area contributed by atoms with Gasteiger partial charge in [-0.3, -0.25) is 0 Å². The van der Waals surface area contributed by atoms with Crippen LogP contribution in [0.2, 0.25) is 0 Å². The van der Waals surface area contributed by atoms with Crippen LogP contribution >= 0.6 is 7.26 Å². The molecule has 0 heterocycles. The second-order valence-corrected chi connectivity index (χ2v) is 8.11. The monoisotopic (exact) mass is 181 g/mol. The highest BCUT2D eigenvalue weighted by Crippen LogP contribution is 2.49. The van der Waals surface area contributed by atoms with E-state index in [1.54, 1.807) is 0 Å². The number of hydrogen-bond donors (Lipinski definition) is 0. The standard InChI is InChI=1S/C10H14OP/c1-12(2,3)10(11)9-7-5-4-6-8-9/h4-8H,1-3H3/q+1. The summed E-state index contributed by atoms with van der Waals surface area (Å²) in [4.78, 5) is 11.7. The van der Waals surface area contributed by atoms with E-state index in [-0.39, 0.29) is 0 Å². The molecule has 2 heteroatoms. The Bertz CT molecular complexity index is 272. The van der Waals surface area contributed by atoms with Gasteiger partial charge in [0, 0.05) is 0 Å². The zero-order valence-corrected chi connectivity index (χ0v) is 8.64. The third-order valence-electron chi connectivity index (χ3n) is 1.63. The Morgan fingerprint density at radius 1 is 1.08 bits per heavy atom. The largest absolute Gasteiger partial charge is 0.297 e. The lowest BCUT2D eigenvalue weighted by molar-refractivity contribution is 0.108. The Kier molecular flexibility index (Phi) is 2.64. The highest BCUT2D eigenvalue weighted by Gasteiger charge is 2.30. The molecular formula is C10H14OP+. The first-order valence-electron chi connectivity index (χ1n) is 3.93. The number of hydrogen-bond acceptors (Lipinski definition) is 1. The van der Waals surface area contributed by atoms with Crippen molar-refractivity contribution in [2.24, 2.45) is 0 Å². The fraction of sp³-hybridized carbons (Fsp3) is 0.300. The predicted octanol–water partition coefficient (Wildman–Crippen LogP) is 2.73. The summed E-state index contributed by atoms with van der Waals surface area (Å²) in [6.45, 7) is 6.13. The normalized spacial score (nSPS) is 11.2. The average molecular weight is 181 g/mol. The molecule has 0 aliphatic heterocycles. The summed E-state index contributed by atoms with van der Waals surface area (Å²) in [7, 11) is -1.37. The van der Waals surface area contributed by atoms with Crippen LogP contribution in [0.15, 0.2) is 30.3 Å². The maximum Gasteiger partial charge on any atom is 0.297 e. The summed E-state index contributed by atoms with van der Waals surface area (Å²) in [5, 5.41) is 0. The summed E-state index contributed by atoms with van der Waals surface area (Å²) < 4.78 is 0. The van der Waals surface area contributed by atoms with Crippen molar-refractivity contribution in [2.75, 3.05) is 20.0 Å². The first-order chi connectivity index (χ1) is 5.52. The Labute approximate surface area is 74.1 Å². The van der Waals surface area contributed by atoms with Crippen molar-refractivity contribution in [1.29, 1.82) is 0 Å². The third kappa shape index (κ3) is 2.15. The molecule has 0 aliphatic carbocycles. The van der Waals surface area contributed by atoms with Crippen LogP contribution in [-0.2, 0) is 0 Å². The van der Waals surface area contributed by atoms with Crippen molar-refractivity contribution in [1.82, 2.24) is 0 Å². The second kappa shape index (κ2) is 3.37. The molecule has 0 atom stereocenters. The van der Waals surface area contributed by atoms with Crippen LogP contribution in [0.4, 0.5) is 0 Å². The number of carbonyl (C=O) groups is 1. The SMILES string of the molecule is C[P+](C)(C)C(=O)c1ccccc1. The molecule has 0 aliphatic rings. The van der Waals surface area contributed by atoms with Gasteiger partial charge in [-0.15, -0.1) is 0 Å². The van der Waals surface area contributed by atoms with Crippen LogP contribution in [0, 0.1) is 0 Å². The molecule has 0 amide bonds. The molecule has 0 bridgehead atoms. The maximum absolute atomic E-state index is 11.7. The predicted molar refractivity (Wildman–Crippen MR) is 55.5 cm³/mol. The summed E-state index contributed by atoms with van der Waals surface area (Å²) in [5.41, 5.74) is 1.15. The van der Waals surface area contributed by atoms with Gasteiger partial charge in [-0.05, 0) is 12.1 Å². The lowest BCUT2D eigenvalue weighted by Gasteiger charge is -2.08. The van der Waals surface area contributed by atoms with Crippen LogP contribution in [0.5, 0.6) is 0 Å². The fourth-order valence-electron chi connectivity index (χ4n) is 0.968. The lowest BCUT2D eigenvalue weighted by atomic mass is 10.2. The van der Waals surface area contributed by atoms with E-state index in [4.69, 9.17) is 0 Å². The summed E-state index contributed by atoms with van der Waals surface area (Å²) in [6, 6.07) is 9.50. The highest BCUT2D eigenvalue weighted by atomic mass is 31.2. The van der Waals surface area contributed by atoms with Crippen LogP contribution in [0.25, 0.3) is 0 Å². The molecule has 12 heavy (non-hydrogen) atoms. The molecule has 0 fully saturated rings. The van der Waals surface area contributed by atoms with Crippen molar-refractivity contribution >= 4 is 12.8 Å². The van der Waals surface area contributed by atoms with Gasteiger partial charge in [0.25, 0.3) is 5.52 Å². The van der Waals surface area contributed by atoms with Gasteiger partial charge in [0.15, 0.2) is 0 Å².